The Balaban J connectivity index is 1.73. The molecular formula is C24H33FN4O3S. The lowest BCUT2D eigenvalue weighted by molar-refractivity contribution is -0.133. The van der Waals surface area contributed by atoms with Gasteiger partial charge in [0.2, 0.25) is 5.91 Å². The summed E-state index contributed by atoms with van der Waals surface area (Å²) in [4.78, 5) is 34.5. The second kappa shape index (κ2) is 12.1. The van der Waals surface area contributed by atoms with Crippen molar-refractivity contribution < 1.29 is 18.7 Å². The predicted molar refractivity (Wildman–Crippen MR) is 128 cm³/mol. The number of morpholine rings is 1. The molecule has 1 aliphatic rings. The van der Waals surface area contributed by atoms with E-state index in [4.69, 9.17) is 4.74 Å². The number of carbonyl (C=O) groups excluding carboxylic acids is 2. The maximum atomic E-state index is 13.5. The Morgan fingerprint density at radius 1 is 1.06 bits per heavy atom. The van der Waals surface area contributed by atoms with Crippen LogP contribution >= 0.6 is 11.3 Å². The highest BCUT2D eigenvalue weighted by atomic mass is 32.1. The standard InChI is InChI=1S/C24H33FN4O3S/c1-19-8-15-33-22(19)17-29(16-20-4-6-21(25)7-5-20)23(30)18-28(24(31)26(2)3)10-9-27-11-13-32-14-12-27/h4-8,15H,9-14,16-18H2,1-3H3. The highest BCUT2D eigenvalue weighted by Gasteiger charge is 2.24. The fourth-order valence-electron chi connectivity index (χ4n) is 3.66. The van der Waals surface area contributed by atoms with Crippen LogP contribution in [0.2, 0.25) is 0 Å². The van der Waals surface area contributed by atoms with E-state index < -0.39 is 0 Å². The molecule has 2 heterocycles. The van der Waals surface area contributed by atoms with E-state index in [2.05, 4.69) is 4.90 Å². The predicted octanol–water partition coefficient (Wildman–Crippen LogP) is 3.04. The van der Waals surface area contributed by atoms with Gasteiger partial charge in [0.05, 0.1) is 19.8 Å². The van der Waals surface area contributed by atoms with Gasteiger partial charge in [0, 0.05) is 51.7 Å². The van der Waals surface area contributed by atoms with Gasteiger partial charge in [0.1, 0.15) is 12.4 Å². The summed E-state index contributed by atoms with van der Waals surface area (Å²) < 4.78 is 18.8. The molecule has 0 spiro atoms. The third kappa shape index (κ3) is 7.52. The number of benzene rings is 1. The van der Waals surface area contributed by atoms with E-state index in [1.807, 2.05) is 18.4 Å². The zero-order valence-corrected chi connectivity index (χ0v) is 20.4. The zero-order chi connectivity index (χ0) is 23.8. The van der Waals surface area contributed by atoms with Gasteiger partial charge in [-0.2, -0.15) is 0 Å². The van der Waals surface area contributed by atoms with E-state index in [0.717, 1.165) is 29.1 Å². The number of ether oxygens (including phenoxy) is 1. The normalized spacial score (nSPS) is 14.2. The summed E-state index contributed by atoms with van der Waals surface area (Å²) in [5, 5.41) is 2.01. The number of amides is 3. The maximum absolute atomic E-state index is 13.5. The summed E-state index contributed by atoms with van der Waals surface area (Å²) in [6.45, 7) is 7.00. The van der Waals surface area contributed by atoms with Crippen LogP contribution in [0.25, 0.3) is 0 Å². The SMILES string of the molecule is Cc1ccsc1CN(Cc1ccc(F)cc1)C(=O)CN(CCN1CCOCC1)C(=O)N(C)C. The Bertz CT molecular complexity index is 913. The smallest absolute Gasteiger partial charge is 0.319 e. The first kappa shape index (κ1) is 25.1. The Hall–Kier alpha value is -2.49. The molecule has 3 amide bonds. The molecule has 1 aliphatic heterocycles. The van der Waals surface area contributed by atoms with Gasteiger partial charge in [-0.3, -0.25) is 9.69 Å². The molecule has 1 fully saturated rings. The van der Waals surface area contributed by atoms with Gasteiger partial charge in [0.15, 0.2) is 0 Å². The average molecular weight is 477 g/mol. The summed E-state index contributed by atoms with van der Waals surface area (Å²) >= 11 is 1.61. The summed E-state index contributed by atoms with van der Waals surface area (Å²) in [5.74, 6) is -0.444. The quantitative estimate of drug-likeness (QED) is 0.558. The molecular weight excluding hydrogens is 443 g/mol. The number of carbonyl (C=O) groups is 2. The van der Waals surface area contributed by atoms with E-state index in [0.29, 0.717) is 39.4 Å². The second-order valence-corrected chi connectivity index (χ2v) is 9.46. The number of hydrogen-bond acceptors (Lipinski definition) is 5. The first-order chi connectivity index (χ1) is 15.8. The van der Waals surface area contributed by atoms with Gasteiger partial charge in [-0.1, -0.05) is 12.1 Å². The number of urea groups is 1. The van der Waals surface area contributed by atoms with Crippen molar-refractivity contribution in [2.75, 3.05) is 60.0 Å². The highest BCUT2D eigenvalue weighted by molar-refractivity contribution is 7.10. The molecule has 33 heavy (non-hydrogen) atoms. The van der Waals surface area contributed by atoms with E-state index >= 15 is 0 Å². The van der Waals surface area contributed by atoms with Gasteiger partial charge in [-0.25, -0.2) is 9.18 Å². The van der Waals surface area contributed by atoms with E-state index in [1.54, 1.807) is 47.4 Å². The van der Waals surface area contributed by atoms with E-state index in [9.17, 15) is 14.0 Å². The van der Waals surface area contributed by atoms with Crippen LogP contribution < -0.4 is 0 Å². The van der Waals surface area contributed by atoms with Crippen LogP contribution in [0.5, 0.6) is 0 Å². The molecule has 0 atom stereocenters. The van der Waals surface area contributed by atoms with Crippen LogP contribution in [-0.4, -0.2) is 91.6 Å². The van der Waals surface area contributed by atoms with Crippen LogP contribution in [0.1, 0.15) is 16.0 Å². The lowest BCUT2D eigenvalue weighted by Gasteiger charge is -2.32. The molecule has 1 aromatic heterocycles. The summed E-state index contributed by atoms with van der Waals surface area (Å²) in [5.41, 5.74) is 1.98. The molecule has 1 aromatic carbocycles. The molecule has 9 heteroatoms. The Morgan fingerprint density at radius 2 is 1.76 bits per heavy atom. The van der Waals surface area contributed by atoms with E-state index in [-0.39, 0.29) is 24.3 Å². The van der Waals surface area contributed by atoms with Crippen molar-refractivity contribution in [2.24, 2.45) is 0 Å². The Labute approximate surface area is 199 Å². The number of aryl methyl sites for hydroxylation is 1. The molecule has 0 aliphatic carbocycles. The fourth-order valence-corrected chi connectivity index (χ4v) is 4.58. The minimum Gasteiger partial charge on any atom is -0.379 e. The molecule has 1 saturated heterocycles. The third-order valence-corrected chi connectivity index (χ3v) is 6.72. The van der Waals surface area contributed by atoms with Gasteiger partial charge in [0.25, 0.3) is 0 Å². The van der Waals surface area contributed by atoms with Crippen molar-refractivity contribution in [3.05, 3.63) is 57.5 Å². The highest BCUT2D eigenvalue weighted by Crippen LogP contribution is 2.20. The van der Waals surface area contributed by atoms with Gasteiger partial charge in [-0.15, -0.1) is 11.3 Å². The number of halogens is 1. The fraction of sp³-hybridized carbons (Fsp3) is 0.500. The monoisotopic (exact) mass is 476 g/mol. The number of thiophene rings is 1. The minimum absolute atomic E-state index is 0.00697. The molecule has 0 radical (unpaired) electrons. The van der Waals surface area contributed by atoms with Crippen molar-refractivity contribution in [3.63, 3.8) is 0 Å². The largest absolute Gasteiger partial charge is 0.379 e. The molecule has 7 nitrogen and oxygen atoms in total. The molecule has 0 unspecified atom stereocenters. The molecule has 180 valence electrons. The number of rotatable bonds is 9. The lowest BCUT2D eigenvalue weighted by Crippen LogP contribution is -2.49. The third-order valence-electron chi connectivity index (χ3n) is 5.71. The molecule has 3 rings (SSSR count). The van der Waals surface area contributed by atoms with Crippen molar-refractivity contribution in [2.45, 2.75) is 20.0 Å². The number of hydrogen-bond donors (Lipinski definition) is 0. The van der Waals surface area contributed by atoms with Crippen LogP contribution in [0.15, 0.2) is 35.7 Å². The summed E-state index contributed by atoms with van der Waals surface area (Å²) in [6.07, 6.45) is 0. The Kier molecular flexibility index (Phi) is 9.22. The van der Waals surface area contributed by atoms with Gasteiger partial charge >= 0.3 is 6.03 Å². The van der Waals surface area contributed by atoms with Crippen molar-refractivity contribution in [3.8, 4) is 0 Å². The molecule has 0 bridgehead atoms. The minimum atomic E-state index is -0.309. The van der Waals surface area contributed by atoms with Crippen molar-refractivity contribution >= 4 is 23.3 Å². The van der Waals surface area contributed by atoms with Crippen LogP contribution in [0, 0.1) is 12.7 Å². The first-order valence-electron chi connectivity index (χ1n) is 11.1. The van der Waals surface area contributed by atoms with Gasteiger partial charge < -0.3 is 19.4 Å². The molecule has 2 aromatic rings. The summed E-state index contributed by atoms with van der Waals surface area (Å²) in [7, 11) is 3.39. The van der Waals surface area contributed by atoms with Crippen LogP contribution in [0.3, 0.4) is 0 Å². The Morgan fingerprint density at radius 3 is 2.36 bits per heavy atom. The zero-order valence-electron chi connectivity index (χ0n) is 19.6. The maximum Gasteiger partial charge on any atom is 0.319 e. The van der Waals surface area contributed by atoms with Crippen molar-refractivity contribution in [1.82, 2.24) is 19.6 Å². The van der Waals surface area contributed by atoms with Crippen molar-refractivity contribution in [1.29, 1.82) is 0 Å². The average Bonchev–Trinajstić information content (AvgIpc) is 3.21. The molecule has 0 saturated carbocycles. The van der Waals surface area contributed by atoms with Gasteiger partial charge in [-0.05, 0) is 41.6 Å². The van der Waals surface area contributed by atoms with Crippen LogP contribution in [0.4, 0.5) is 9.18 Å². The van der Waals surface area contributed by atoms with Crippen LogP contribution in [-0.2, 0) is 22.6 Å². The second-order valence-electron chi connectivity index (χ2n) is 8.46. The summed E-state index contributed by atoms with van der Waals surface area (Å²) in [6, 6.07) is 8.03. The topological polar surface area (TPSA) is 56.3 Å². The molecule has 0 N–H and O–H groups in total. The number of nitrogens with zero attached hydrogens (tertiary/aromatic N) is 4. The first-order valence-corrected chi connectivity index (χ1v) is 12.0. The van der Waals surface area contributed by atoms with E-state index in [1.165, 1.54) is 17.0 Å². The lowest BCUT2D eigenvalue weighted by atomic mass is 10.2.